The van der Waals surface area contributed by atoms with Gasteiger partial charge in [0, 0.05) is 28.3 Å². The molecule has 0 unspecified atom stereocenters. The van der Waals surface area contributed by atoms with Crippen LogP contribution in [0.2, 0.25) is 0 Å². The van der Waals surface area contributed by atoms with Crippen LogP contribution in [0.4, 0.5) is 0 Å². The first-order valence-electron chi connectivity index (χ1n) is 10.6. The molecule has 0 amide bonds. The number of aryl methyl sites for hydroxylation is 1. The number of hydrogen-bond donors (Lipinski definition) is 0. The summed E-state index contributed by atoms with van der Waals surface area (Å²) in [4.78, 5) is 16.9. The molecule has 2 aromatic carbocycles. The smallest absolute Gasteiger partial charge is 0.331 e. The lowest BCUT2D eigenvalue weighted by Crippen LogP contribution is -2.01. The first-order chi connectivity index (χ1) is 16.5. The minimum absolute atomic E-state index is 0.0915. The van der Waals surface area contributed by atoms with E-state index in [1.807, 2.05) is 72.4 Å². The maximum Gasteiger partial charge on any atom is 0.331 e. The second kappa shape index (κ2) is 10.4. The predicted molar refractivity (Wildman–Crippen MR) is 133 cm³/mol. The molecule has 34 heavy (non-hydrogen) atoms. The molecule has 0 radical (unpaired) electrons. The molecule has 0 aliphatic rings. The van der Waals surface area contributed by atoms with Crippen molar-refractivity contribution in [1.82, 2.24) is 14.8 Å². The van der Waals surface area contributed by atoms with Crippen molar-refractivity contribution < 1.29 is 19.0 Å². The van der Waals surface area contributed by atoms with Crippen LogP contribution in [0.15, 0.2) is 60.0 Å². The summed E-state index contributed by atoms with van der Waals surface area (Å²) in [6.07, 6.45) is 3.17. The zero-order valence-corrected chi connectivity index (χ0v) is 20.3. The van der Waals surface area contributed by atoms with Crippen LogP contribution in [0, 0.1) is 13.8 Å². The highest BCUT2D eigenvalue weighted by atomic mass is 32.1. The number of rotatable bonds is 8. The van der Waals surface area contributed by atoms with E-state index in [0.717, 1.165) is 33.2 Å². The highest BCUT2D eigenvalue weighted by Crippen LogP contribution is 2.33. The summed E-state index contributed by atoms with van der Waals surface area (Å²) in [5, 5.41) is 7.28. The van der Waals surface area contributed by atoms with Gasteiger partial charge < -0.3 is 14.2 Å². The fraction of sp³-hybridized carbons (Fsp3) is 0.192. The van der Waals surface area contributed by atoms with E-state index in [-0.39, 0.29) is 6.61 Å². The lowest BCUT2D eigenvalue weighted by atomic mass is 10.2. The van der Waals surface area contributed by atoms with Crippen molar-refractivity contribution in [3.05, 3.63) is 82.6 Å². The van der Waals surface area contributed by atoms with Gasteiger partial charge in [-0.15, -0.1) is 11.3 Å². The summed E-state index contributed by atoms with van der Waals surface area (Å²) in [6, 6.07) is 15.5. The fourth-order valence-electron chi connectivity index (χ4n) is 3.54. The van der Waals surface area contributed by atoms with Crippen molar-refractivity contribution in [2.75, 3.05) is 14.2 Å². The van der Waals surface area contributed by atoms with E-state index in [4.69, 9.17) is 14.2 Å². The topological polar surface area (TPSA) is 75.5 Å². The first-order valence-corrected chi connectivity index (χ1v) is 11.5. The van der Waals surface area contributed by atoms with Crippen LogP contribution in [0.5, 0.6) is 11.5 Å². The molecule has 174 valence electrons. The number of thiazole rings is 1. The van der Waals surface area contributed by atoms with Gasteiger partial charge in [-0.25, -0.2) is 14.5 Å². The average Bonchev–Trinajstić information content (AvgIpc) is 3.45. The average molecular weight is 476 g/mol. The van der Waals surface area contributed by atoms with Crippen LogP contribution < -0.4 is 9.47 Å². The van der Waals surface area contributed by atoms with E-state index in [1.165, 1.54) is 17.4 Å². The number of benzene rings is 2. The molecule has 0 N–H and O–H groups in total. The SMILES string of the molecule is COc1ccc(-c2nc(COC(=O)/C=C/c3c(C)nn(-c4ccccc4)c3C)cs2)cc1OC. The summed E-state index contributed by atoms with van der Waals surface area (Å²) >= 11 is 1.47. The van der Waals surface area contributed by atoms with Gasteiger partial charge in [0.05, 0.1) is 31.3 Å². The van der Waals surface area contributed by atoms with E-state index in [2.05, 4.69) is 10.1 Å². The third-order valence-corrected chi connectivity index (χ3v) is 6.22. The number of methoxy groups -OCH3 is 2. The Morgan fingerprint density at radius 1 is 1.06 bits per heavy atom. The van der Waals surface area contributed by atoms with Gasteiger partial charge in [-0.3, -0.25) is 0 Å². The third kappa shape index (κ3) is 5.02. The van der Waals surface area contributed by atoms with Gasteiger partial charge in [-0.1, -0.05) is 18.2 Å². The van der Waals surface area contributed by atoms with Crippen LogP contribution in [0.3, 0.4) is 0 Å². The second-order valence-corrected chi connectivity index (χ2v) is 8.34. The van der Waals surface area contributed by atoms with Gasteiger partial charge >= 0.3 is 5.97 Å². The van der Waals surface area contributed by atoms with Crippen LogP contribution in [0.1, 0.15) is 22.6 Å². The Morgan fingerprint density at radius 2 is 1.82 bits per heavy atom. The summed E-state index contributed by atoms with van der Waals surface area (Å²) in [5.74, 6) is 0.852. The molecular weight excluding hydrogens is 450 g/mol. The Morgan fingerprint density at radius 3 is 2.56 bits per heavy atom. The Bertz CT molecular complexity index is 1330. The van der Waals surface area contributed by atoms with E-state index in [0.29, 0.717) is 17.2 Å². The normalized spacial score (nSPS) is 11.1. The molecular formula is C26H25N3O4S. The van der Waals surface area contributed by atoms with Gasteiger partial charge in [0.25, 0.3) is 0 Å². The second-order valence-electron chi connectivity index (χ2n) is 7.49. The highest BCUT2D eigenvalue weighted by molar-refractivity contribution is 7.13. The molecule has 4 rings (SSSR count). The van der Waals surface area contributed by atoms with Gasteiger partial charge in [-0.2, -0.15) is 5.10 Å². The molecule has 2 aromatic heterocycles. The van der Waals surface area contributed by atoms with Crippen molar-refractivity contribution in [2.45, 2.75) is 20.5 Å². The van der Waals surface area contributed by atoms with E-state index >= 15 is 0 Å². The quantitative estimate of drug-likeness (QED) is 0.251. The number of aromatic nitrogens is 3. The van der Waals surface area contributed by atoms with Gasteiger partial charge in [0.2, 0.25) is 0 Å². The van der Waals surface area contributed by atoms with Gasteiger partial charge in [0.1, 0.15) is 11.6 Å². The summed E-state index contributed by atoms with van der Waals surface area (Å²) in [5.41, 5.74) is 5.24. The Kier molecular flexibility index (Phi) is 7.08. The van der Waals surface area contributed by atoms with Gasteiger partial charge in [-0.05, 0) is 50.3 Å². The van der Waals surface area contributed by atoms with Crippen molar-refractivity contribution in [1.29, 1.82) is 0 Å². The predicted octanol–water partition coefficient (Wildman–Crippen LogP) is 5.39. The molecule has 0 aliphatic heterocycles. The first kappa shape index (κ1) is 23.3. The van der Waals surface area contributed by atoms with E-state index in [1.54, 1.807) is 20.3 Å². The van der Waals surface area contributed by atoms with Crippen molar-refractivity contribution >= 4 is 23.4 Å². The Labute approximate surface area is 202 Å². The number of carbonyl (C=O) groups is 1. The molecule has 2 heterocycles. The molecule has 0 fully saturated rings. The molecule has 4 aromatic rings. The summed E-state index contributed by atoms with van der Waals surface area (Å²) in [7, 11) is 3.19. The zero-order chi connectivity index (χ0) is 24.1. The highest BCUT2D eigenvalue weighted by Gasteiger charge is 2.12. The maximum absolute atomic E-state index is 12.3. The van der Waals surface area contributed by atoms with Crippen LogP contribution in [-0.4, -0.2) is 35.0 Å². The lowest BCUT2D eigenvalue weighted by molar-refractivity contribution is -0.139. The number of ether oxygens (including phenoxy) is 3. The maximum atomic E-state index is 12.3. The third-order valence-electron chi connectivity index (χ3n) is 5.28. The molecule has 0 saturated carbocycles. The number of esters is 1. The molecule has 0 spiro atoms. The lowest BCUT2D eigenvalue weighted by Gasteiger charge is -2.08. The standard InChI is InChI=1S/C26H25N3O4S/c1-17-22(18(2)29(28-17)21-8-6-5-7-9-21)11-13-25(30)33-15-20-16-34-26(27-20)19-10-12-23(31-3)24(14-19)32-4/h5-14,16H,15H2,1-4H3/b13-11+. The largest absolute Gasteiger partial charge is 0.493 e. The molecule has 0 saturated heterocycles. The minimum Gasteiger partial charge on any atom is -0.493 e. The number of carbonyl (C=O) groups excluding carboxylic acids is 1. The number of nitrogens with zero attached hydrogens (tertiary/aromatic N) is 3. The summed E-state index contributed by atoms with van der Waals surface area (Å²) < 4.78 is 17.9. The molecule has 7 nitrogen and oxygen atoms in total. The number of para-hydroxylation sites is 1. The Hall–Kier alpha value is -3.91. The van der Waals surface area contributed by atoms with E-state index in [9.17, 15) is 4.79 Å². The van der Waals surface area contributed by atoms with Crippen LogP contribution in [-0.2, 0) is 16.1 Å². The monoisotopic (exact) mass is 475 g/mol. The molecule has 0 aliphatic carbocycles. The van der Waals surface area contributed by atoms with Crippen LogP contribution in [0.25, 0.3) is 22.3 Å². The van der Waals surface area contributed by atoms with Crippen molar-refractivity contribution in [3.63, 3.8) is 0 Å². The molecule has 8 heteroatoms. The minimum atomic E-state index is -0.438. The van der Waals surface area contributed by atoms with Crippen molar-refractivity contribution in [2.24, 2.45) is 0 Å². The van der Waals surface area contributed by atoms with Crippen LogP contribution >= 0.6 is 11.3 Å². The fourth-order valence-corrected chi connectivity index (χ4v) is 4.34. The van der Waals surface area contributed by atoms with Crippen molar-refractivity contribution in [3.8, 4) is 27.8 Å². The molecule has 0 bridgehead atoms. The summed E-state index contributed by atoms with van der Waals surface area (Å²) in [6.45, 7) is 3.99. The van der Waals surface area contributed by atoms with Gasteiger partial charge in [0.15, 0.2) is 11.5 Å². The Balaban J connectivity index is 1.40. The zero-order valence-electron chi connectivity index (χ0n) is 19.4. The molecule has 0 atom stereocenters. The number of hydrogen-bond acceptors (Lipinski definition) is 7. The van der Waals surface area contributed by atoms with E-state index < -0.39 is 5.97 Å².